The molecule has 0 bridgehead atoms. The van der Waals surface area contributed by atoms with E-state index in [2.05, 4.69) is 4.98 Å². The number of halogens is 1. The van der Waals surface area contributed by atoms with Crippen molar-refractivity contribution < 1.29 is 23.8 Å². The summed E-state index contributed by atoms with van der Waals surface area (Å²) in [6, 6.07) is 7.82. The van der Waals surface area contributed by atoms with Crippen LogP contribution in [0.5, 0.6) is 0 Å². The quantitative estimate of drug-likeness (QED) is 0.500. The van der Waals surface area contributed by atoms with Gasteiger partial charge >= 0.3 is 0 Å². The fraction of sp³-hybridized carbons (Fsp3) is 0.286. The minimum Gasteiger partial charge on any atom is -0.507 e. The summed E-state index contributed by atoms with van der Waals surface area (Å²) in [5.74, 6) is -2.25. The zero-order valence-corrected chi connectivity index (χ0v) is 15.0. The van der Waals surface area contributed by atoms with E-state index in [1.54, 1.807) is 24.5 Å². The van der Waals surface area contributed by atoms with Crippen molar-refractivity contribution in [1.29, 1.82) is 0 Å². The normalized spacial score (nSPS) is 24.1. The van der Waals surface area contributed by atoms with E-state index in [4.69, 9.17) is 4.74 Å². The molecule has 2 aromatic rings. The average molecular weight is 382 g/mol. The summed E-state index contributed by atoms with van der Waals surface area (Å²) in [5, 5.41) is 10.8. The second-order valence-electron chi connectivity index (χ2n) is 6.88. The van der Waals surface area contributed by atoms with Crippen molar-refractivity contribution in [3.63, 3.8) is 0 Å². The highest BCUT2D eigenvalue weighted by molar-refractivity contribution is 6.46. The van der Waals surface area contributed by atoms with E-state index < -0.39 is 23.5 Å². The van der Waals surface area contributed by atoms with Gasteiger partial charge in [-0.2, -0.15) is 0 Å². The second kappa shape index (κ2) is 7.52. The first kappa shape index (κ1) is 18.3. The smallest absolute Gasteiger partial charge is 0.295 e. The molecule has 4 rings (SSSR count). The van der Waals surface area contributed by atoms with Crippen LogP contribution in [0, 0.1) is 5.82 Å². The zero-order chi connectivity index (χ0) is 19.7. The van der Waals surface area contributed by atoms with Gasteiger partial charge in [-0.15, -0.1) is 0 Å². The molecule has 144 valence electrons. The lowest BCUT2D eigenvalue weighted by molar-refractivity contribution is -0.140. The largest absolute Gasteiger partial charge is 0.507 e. The van der Waals surface area contributed by atoms with Crippen LogP contribution >= 0.6 is 0 Å². The van der Waals surface area contributed by atoms with Gasteiger partial charge in [0.2, 0.25) is 0 Å². The van der Waals surface area contributed by atoms with Crippen LogP contribution in [-0.2, 0) is 14.3 Å². The molecule has 1 aromatic heterocycles. The number of hydrogen-bond donors (Lipinski definition) is 1. The Labute approximate surface area is 161 Å². The number of likely N-dealkylation sites (tertiary alicyclic amines) is 1. The zero-order valence-electron chi connectivity index (χ0n) is 15.0. The summed E-state index contributed by atoms with van der Waals surface area (Å²) in [5.41, 5.74) is 0.858. The fourth-order valence-electron chi connectivity index (χ4n) is 3.72. The maximum atomic E-state index is 13.2. The lowest BCUT2D eigenvalue weighted by Gasteiger charge is -2.27. The van der Waals surface area contributed by atoms with Crippen molar-refractivity contribution >= 4 is 17.4 Å². The van der Waals surface area contributed by atoms with Gasteiger partial charge in [0.05, 0.1) is 17.7 Å². The number of aliphatic hydroxyl groups is 1. The van der Waals surface area contributed by atoms with E-state index in [1.807, 2.05) is 0 Å². The molecule has 1 aromatic carbocycles. The fourth-order valence-corrected chi connectivity index (χ4v) is 3.72. The van der Waals surface area contributed by atoms with Crippen molar-refractivity contribution in [3.05, 3.63) is 71.3 Å². The number of aromatic nitrogens is 1. The number of hydrogen-bond acceptors (Lipinski definition) is 5. The monoisotopic (exact) mass is 382 g/mol. The Hall–Kier alpha value is -3.06. The van der Waals surface area contributed by atoms with Crippen molar-refractivity contribution in [2.75, 3.05) is 13.2 Å². The number of carbonyl (C=O) groups is 2. The van der Waals surface area contributed by atoms with Gasteiger partial charge in [0.25, 0.3) is 11.7 Å². The molecule has 2 atom stereocenters. The third-order valence-corrected chi connectivity index (χ3v) is 5.08. The number of Topliss-reactive ketones (excluding diaryl/α,β-unsaturated/α-hetero) is 1. The molecule has 1 N–H and O–H groups in total. The first-order valence-corrected chi connectivity index (χ1v) is 9.12. The molecule has 28 heavy (non-hydrogen) atoms. The molecule has 2 aliphatic rings. The summed E-state index contributed by atoms with van der Waals surface area (Å²) in [6.07, 6.45) is 4.72. The molecule has 7 heteroatoms. The third kappa shape index (κ3) is 3.29. The van der Waals surface area contributed by atoms with E-state index in [1.165, 1.54) is 29.2 Å². The van der Waals surface area contributed by atoms with Gasteiger partial charge in [-0.3, -0.25) is 14.6 Å². The minimum atomic E-state index is -0.775. The third-order valence-electron chi connectivity index (χ3n) is 5.08. The van der Waals surface area contributed by atoms with E-state index in [0.717, 1.165) is 12.8 Å². The molecule has 2 fully saturated rings. The number of carbonyl (C=O) groups excluding carboxylic acids is 2. The predicted octanol–water partition coefficient (Wildman–Crippen LogP) is 2.82. The van der Waals surface area contributed by atoms with Crippen LogP contribution in [-0.4, -0.2) is 45.9 Å². The lowest BCUT2D eigenvalue weighted by Crippen LogP contribution is -2.36. The van der Waals surface area contributed by atoms with Gasteiger partial charge < -0.3 is 14.7 Å². The molecule has 1 amide bonds. The van der Waals surface area contributed by atoms with Gasteiger partial charge in [0.15, 0.2) is 0 Å². The van der Waals surface area contributed by atoms with Crippen LogP contribution in [0.3, 0.4) is 0 Å². The predicted molar refractivity (Wildman–Crippen MR) is 98.6 cm³/mol. The Morgan fingerprint density at radius 2 is 2.04 bits per heavy atom. The summed E-state index contributed by atoms with van der Waals surface area (Å²) in [4.78, 5) is 31.1. The van der Waals surface area contributed by atoms with E-state index in [9.17, 15) is 19.1 Å². The molecule has 2 aliphatic heterocycles. The Morgan fingerprint density at radius 3 is 2.68 bits per heavy atom. The number of ketones is 1. The summed E-state index contributed by atoms with van der Waals surface area (Å²) in [7, 11) is 0. The minimum absolute atomic E-state index is 0.0254. The first-order valence-electron chi connectivity index (χ1n) is 9.12. The standard InChI is InChI=1S/C21H19FN2O4/c22-15-7-5-13(6-8-15)19(25)17-18(14-3-1-9-23-11-14)24(21(27)20(17)26)12-16-4-2-10-28-16/h1,3,5-9,11,16,18,25H,2,4,10,12H2. The number of ether oxygens (including phenoxy) is 1. The second-order valence-corrected chi connectivity index (χ2v) is 6.88. The number of amides is 1. The summed E-state index contributed by atoms with van der Waals surface area (Å²) >= 11 is 0. The van der Waals surface area contributed by atoms with Crippen LogP contribution in [0.25, 0.3) is 5.76 Å². The molecule has 0 spiro atoms. The van der Waals surface area contributed by atoms with E-state index >= 15 is 0 Å². The number of pyridine rings is 1. The van der Waals surface area contributed by atoms with Gasteiger partial charge in [-0.05, 0) is 48.7 Å². The van der Waals surface area contributed by atoms with Gasteiger partial charge in [0, 0.05) is 31.1 Å². The molecule has 6 nitrogen and oxygen atoms in total. The molecule has 0 saturated carbocycles. The Kier molecular flexibility index (Phi) is 4.92. The van der Waals surface area contributed by atoms with Crippen molar-refractivity contribution in [2.45, 2.75) is 25.0 Å². The molecule has 0 aliphatic carbocycles. The summed E-state index contributed by atoms with van der Waals surface area (Å²) in [6.45, 7) is 0.881. The SMILES string of the molecule is O=C1C(=O)N(CC2CCCO2)C(c2cccnc2)C1=C(O)c1ccc(F)cc1. The Bertz CT molecular complexity index is 921. The van der Waals surface area contributed by atoms with Crippen molar-refractivity contribution in [2.24, 2.45) is 0 Å². The van der Waals surface area contributed by atoms with Crippen molar-refractivity contribution in [3.8, 4) is 0 Å². The van der Waals surface area contributed by atoms with Gasteiger partial charge in [-0.1, -0.05) is 6.07 Å². The number of rotatable bonds is 4. The first-order chi connectivity index (χ1) is 13.6. The number of nitrogens with zero attached hydrogens (tertiary/aromatic N) is 2. The maximum Gasteiger partial charge on any atom is 0.295 e. The van der Waals surface area contributed by atoms with Crippen LogP contribution < -0.4 is 0 Å². The topological polar surface area (TPSA) is 79.7 Å². The number of aliphatic hydroxyl groups excluding tert-OH is 1. The van der Waals surface area contributed by atoms with Crippen LogP contribution in [0.15, 0.2) is 54.4 Å². The van der Waals surface area contributed by atoms with Gasteiger partial charge in [-0.25, -0.2) is 4.39 Å². The van der Waals surface area contributed by atoms with Crippen LogP contribution in [0.2, 0.25) is 0 Å². The molecule has 2 unspecified atom stereocenters. The lowest BCUT2D eigenvalue weighted by atomic mass is 9.96. The number of benzene rings is 1. The summed E-state index contributed by atoms with van der Waals surface area (Å²) < 4.78 is 18.9. The highest BCUT2D eigenvalue weighted by Crippen LogP contribution is 2.39. The van der Waals surface area contributed by atoms with Crippen LogP contribution in [0.1, 0.15) is 30.0 Å². The van der Waals surface area contributed by atoms with E-state index in [-0.39, 0.29) is 29.5 Å². The molecule has 0 radical (unpaired) electrons. The highest BCUT2D eigenvalue weighted by Gasteiger charge is 2.47. The van der Waals surface area contributed by atoms with Crippen LogP contribution in [0.4, 0.5) is 4.39 Å². The van der Waals surface area contributed by atoms with Gasteiger partial charge in [0.1, 0.15) is 11.6 Å². The molecular weight excluding hydrogens is 363 g/mol. The molecule has 2 saturated heterocycles. The highest BCUT2D eigenvalue weighted by atomic mass is 19.1. The Balaban J connectivity index is 1.80. The molecule has 3 heterocycles. The van der Waals surface area contributed by atoms with Crippen molar-refractivity contribution in [1.82, 2.24) is 9.88 Å². The van der Waals surface area contributed by atoms with E-state index in [0.29, 0.717) is 12.2 Å². The maximum absolute atomic E-state index is 13.2. The molecular formula is C21H19FN2O4. The average Bonchev–Trinajstić information content (AvgIpc) is 3.31. The Morgan fingerprint density at radius 1 is 1.25 bits per heavy atom.